The fourth-order valence-corrected chi connectivity index (χ4v) is 3.12. The number of carbonyl (C=O) groups excluding carboxylic acids is 1. The highest BCUT2D eigenvalue weighted by atomic mass is 32.2. The predicted molar refractivity (Wildman–Crippen MR) is 87.7 cm³/mol. The van der Waals surface area contributed by atoms with Crippen LogP contribution >= 0.6 is 24.0 Å². The maximum absolute atomic E-state index is 12.0. The minimum absolute atomic E-state index is 0.0783. The molecule has 1 saturated heterocycles. The van der Waals surface area contributed by atoms with Crippen molar-refractivity contribution < 1.29 is 9.90 Å². The SMILES string of the molecule is CN1C(=O)/C(=C/c2ccc(O)c(C(C)(C)C)c2)SC1=S. The third kappa shape index (κ3) is 2.88. The zero-order valence-corrected chi connectivity index (χ0v) is 13.6. The van der Waals surface area contributed by atoms with E-state index in [2.05, 4.69) is 0 Å². The second-order valence-corrected chi connectivity index (χ2v) is 7.44. The van der Waals surface area contributed by atoms with Gasteiger partial charge < -0.3 is 5.11 Å². The van der Waals surface area contributed by atoms with Crippen molar-refractivity contribution in [2.75, 3.05) is 7.05 Å². The highest BCUT2D eigenvalue weighted by molar-refractivity contribution is 8.26. The molecule has 0 atom stereocenters. The van der Waals surface area contributed by atoms with Crippen LogP contribution in [0, 0.1) is 0 Å². The molecule has 1 fully saturated rings. The minimum Gasteiger partial charge on any atom is -0.508 e. The van der Waals surface area contributed by atoms with Crippen LogP contribution in [0.15, 0.2) is 23.1 Å². The lowest BCUT2D eigenvalue weighted by Gasteiger charge is -2.20. The van der Waals surface area contributed by atoms with Crippen LogP contribution in [0.2, 0.25) is 0 Å². The zero-order chi connectivity index (χ0) is 15.1. The number of likely N-dealkylation sites (N-methyl/N-ethyl adjacent to an activating group) is 1. The van der Waals surface area contributed by atoms with Crippen LogP contribution in [0.3, 0.4) is 0 Å². The minimum atomic E-state index is -0.155. The summed E-state index contributed by atoms with van der Waals surface area (Å²) in [5.74, 6) is 0.197. The van der Waals surface area contributed by atoms with Crippen molar-refractivity contribution in [2.24, 2.45) is 0 Å². The lowest BCUT2D eigenvalue weighted by atomic mass is 9.85. The first-order valence-corrected chi connectivity index (χ1v) is 7.47. The molecular weight excluding hydrogens is 290 g/mol. The van der Waals surface area contributed by atoms with Crippen molar-refractivity contribution in [1.29, 1.82) is 0 Å². The number of nitrogens with zero attached hydrogens (tertiary/aromatic N) is 1. The highest BCUT2D eigenvalue weighted by Gasteiger charge is 2.28. The van der Waals surface area contributed by atoms with Crippen LogP contribution in [-0.2, 0) is 10.2 Å². The number of thioether (sulfide) groups is 1. The van der Waals surface area contributed by atoms with Gasteiger partial charge in [-0.05, 0) is 34.8 Å². The molecule has 106 valence electrons. The molecule has 1 amide bonds. The Labute approximate surface area is 128 Å². The quantitative estimate of drug-likeness (QED) is 0.636. The van der Waals surface area contributed by atoms with Gasteiger partial charge in [0.15, 0.2) is 0 Å². The van der Waals surface area contributed by atoms with Crippen molar-refractivity contribution in [3.05, 3.63) is 34.2 Å². The second-order valence-electron chi connectivity index (χ2n) is 5.77. The molecule has 1 aliphatic heterocycles. The summed E-state index contributed by atoms with van der Waals surface area (Å²) in [6.07, 6.45) is 1.82. The molecule has 0 spiro atoms. The molecule has 1 aliphatic rings. The molecule has 0 unspecified atom stereocenters. The Morgan fingerprint density at radius 3 is 2.50 bits per heavy atom. The van der Waals surface area contributed by atoms with E-state index in [0.29, 0.717) is 9.23 Å². The predicted octanol–water partition coefficient (Wildman–Crippen LogP) is 3.52. The van der Waals surface area contributed by atoms with Crippen LogP contribution < -0.4 is 0 Å². The summed E-state index contributed by atoms with van der Waals surface area (Å²) in [4.78, 5) is 14.1. The summed E-state index contributed by atoms with van der Waals surface area (Å²) in [5, 5.41) is 9.95. The van der Waals surface area contributed by atoms with Crippen LogP contribution in [0.25, 0.3) is 6.08 Å². The van der Waals surface area contributed by atoms with Gasteiger partial charge in [-0.25, -0.2) is 0 Å². The Kier molecular flexibility index (Phi) is 3.93. The van der Waals surface area contributed by atoms with Gasteiger partial charge in [-0.1, -0.05) is 50.8 Å². The molecule has 1 heterocycles. The summed E-state index contributed by atoms with van der Waals surface area (Å²) in [5.41, 5.74) is 1.59. The third-order valence-electron chi connectivity index (χ3n) is 3.11. The molecule has 0 saturated carbocycles. The van der Waals surface area contributed by atoms with Gasteiger partial charge in [0.05, 0.1) is 4.91 Å². The number of aromatic hydroxyl groups is 1. The fraction of sp³-hybridized carbons (Fsp3) is 0.333. The highest BCUT2D eigenvalue weighted by Crippen LogP contribution is 2.34. The molecule has 0 aliphatic carbocycles. The van der Waals surface area contributed by atoms with Gasteiger partial charge in [0, 0.05) is 7.05 Å². The van der Waals surface area contributed by atoms with Crippen LogP contribution in [0.5, 0.6) is 5.75 Å². The first-order valence-electron chi connectivity index (χ1n) is 6.25. The molecule has 0 radical (unpaired) electrons. The van der Waals surface area contributed by atoms with Crippen molar-refractivity contribution in [3.63, 3.8) is 0 Å². The van der Waals surface area contributed by atoms with E-state index in [1.165, 1.54) is 16.7 Å². The fourth-order valence-electron chi connectivity index (χ4n) is 1.94. The smallest absolute Gasteiger partial charge is 0.265 e. The molecule has 0 aromatic heterocycles. The molecular formula is C15H17NO2S2. The van der Waals surface area contributed by atoms with Gasteiger partial charge in [-0.3, -0.25) is 9.69 Å². The normalized spacial score (nSPS) is 18.2. The number of rotatable bonds is 1. The van der Waals surface area contributed by atoms with E-state index in [1.807, 2.05) is 32.9 Å². The second kappa shape index (κ2) is 5.22. The van der Waals surface area contributed by atoms with Crippen molar-refractivity contribution in [3.8, 4) is 5.75 Å². The van der Waals surface area contributed by atoms with E-state index >= 15 is 0 Å². The van der Waals surface area contributed by atoms with Gasteiger partial charge >= 0.3 is 0 Å². The molecule has 2 rings (SSSR count). The molecule has 20 heavy (non-hydrogen) atoms. The largest absolute Gasteiger partial charge is 0.508 e. The summed E-state index contributed by atoms with van der Waals surface area (Å²) in [6.45, 7) is 6.12. The van der Waals surface area contributed by atoms with E-state index in [4.69, 9.17) is 12.2 Å². The van der Waals surface area contributed by atoms with Crippen LogP contribution in [-0.4, -0.2) is 27.3 Å². The van der Waals surface area contributed by atoms with Gasteiger partial charge in [0.25, 0.3) is 5.91 Å². The van der Waals surface area contributed by atoms with Crippen molar-refractivity contribution >= 4 is 40.3 Å². The first-order chi connectivity index (χ1) is 9.20. The van der Waals surface area contributed by atoms with E-state index in [-0.39, 0.29) is 17.1 Å². The number of benzene rings is 1. The lowest BCUT2D eigenvalue weighted by Crippen LogP contribution is -2.22. The molecule has 5 heteroatoms. The Hall–Kier alpha value is -1.33. The lowest BCUT2D eigenvalue weighted by molar-refractivity contribution is -0.121. The van der Waals surface area contributed by atoms with Gasteiger partial charge in [0.2, 0.25) is 0 Å². The average molecular weight is 307 g/mol. The Morgan fingerprint density at radius 1 is 1.35 bits per heavy atom. The number of amides is 1. The summed E-state index contributed by atoms with van der Waals surface area (Å²) in [6, 6.07) is 5.38. The van der Waals surface area contributed by atoms with Crippen molar-refractivity contribution in [2.45, 2.75) is 26.2 Å². The number of hydrogen-bond donors (Lipinski definition) is 1. The maximum atomic E-state index is 12.0. The first kappa shape index (κ1) is 15.1. The van der Waals surface area contributed by atoms with Gasteiger partial charge in [-0.2, -0.15) is 0 Å². The summed E-state index contributed by atoms with van der Waals surface area (Å²) < 4.78 is 0.566. The maximum Gasteiger partial charge on any atom is 0.265 e. The van der Waals surface area contributed by atoms with E-state index in [0.717, 1.165) is 11.1 Å². The monoisotopic (exact) mass is 307 g/mol. The number of carbonyl (C=O) groups is 1. The van der Waals surface area contributed by atoms with E-state index < -0.39 is 0 Å². The Bertz CT molecular complexity index is 615. The number of hydrogen-bond acceptors (Lipinski definition) is 4. The van der Waals surface area contributed by atoms with Gasteiger partial charge in [0.1, 0.15) is 10.1 Å². The number of thiocarbonyl (C=S) groups is 1. The summed E-state index contributed by atoms with van der Waals surface area (Å²) >= 11 is 6.41. The molecule has 1 aromatic carbocycles. The van der Waals surface area contributed by atoms with Crippen LogP contribution in [0.4, 0.5) is 0 Å². The van der Waals surface area contributed by atoms with Crippen LogP contribution in [0.1, 0.15) is 31.9 Å². The Balaban J connectivity index is 2.41. The molecule has 1 aromatic rings. The average Bonchev–Trinajstić information content (AvgIpc) is 2.58. The third-order valence-corrected chi connectivity index (χ3v) is 4.60. The zero-order valence-electron chi connectivity index (χ0n) is 11.9. The Morgan fingerprint density at radius 2 is 2.00 bits per heavy atom. The standard InChI is InChI=1S/C15H17NO2S2/c1-15(2,3)10-7-9(5-6-11(10)17)8-12-13(18)16(4)14(19)20-12/h5-8,17H,1-4H3/b12-8-. The molecule has 1 N–H and O–H groups in total. The van der Waals surface area contributed by atoms with Gasteiger partial charge in [-0.15, -0.1) is 0 Å². The number of phenols is 1. The summed E-state index contributed by atoms with van der Waals surface area (Å²) in [7, 11) is 1.68. The topological polar surface area (TPSA) is 40.5 Å². The number of phenolic OH excluding ortho intramolecular Hbond substituents is 1. The van der Waals surface area contributed by atoms with E-state index in [1.54, 1.807) is 19.2 Å². The van der Waals surface area contributed by atoms with E-state index in [9.17, 15) is 9.90 Å². The molecule has 3 nitrogen and oxygen atoms in total. The van der Waals surface area contributed by atoms with Crippen molar-refractivity contribution in [1.82, 2.24) is 4.90 Å². The molecule has 0 bridgehead atoms.